The van der Waals surface area contributed by atoms with E-state index in [2.05, 4.69) is 15.0 Å². The molecule has 1 aliphatic rings. The number of alkyl halides is 2. The molecular weight excluding hydrogens is 274 g/mol. The summed E-state index contributed by atoms with van der Waals surface area (Å²) in [5, 5.41) is 0.298. The van der Waals surface area contributed by atoms with Gasteiger partial charge in [-0.05, 0) is 18.6 Å². The topological polar surface area (TPSA) is 41.9 Å². The fourth-order valence-corrected chi connectivity index (χ4v) is 2.43. The summed E-state index contributed by atoms with van der Waals surface area (Å²) in [7, 11) is 0. The molecule has 0 amide bonds. The third-order valence-electron chi connectivity index (χ3n) is 3.12. The molecule has 0 unspecified atom stereocenters. The van der Waals surface area contributed by atoms with Crippen molar-refractivity contribution in [2.75, 3.05) is 18.0 Å². The maximum absolute atomic E-state index is 13.5. The average Bonchev–Trinajstić information content (AvgIpc) is 2.36. The van der Waals surface area contributed by atoms with E-state index in [9.17, 15) is 8.78 Å². The smallest absolute Gasteiger partial charge is 0.265 e. The number of hydrogen-bond acceptors (Lipinski definition) is 4. The van der Waals surface area contributed by atoms with Gasteiger partial charge < -0.3 is 4.90 Å². The zero-order valence-electron chi connectivity index (χ0n) is 9.98. The van der Waals surface area contributed by atoms with Gasteiger partial charge >= 0.3 is 0 Å². The lowest BCUT2D eigenvalue weighted by atomic mass is 10.1. The summed E-state index contributed by atoms with van der Waals surface area (Å²) in [5.74, 6) is -2.26. The first-order chi connectivity index (χ1) is 9.05. The minimum absolute atomic E-state index is 0.0826. The zero-order valence-corrected chi connectivity index (χ0v) is 10.7. The highest BCUT2D eigenvalue weighted by Gasteiger charge is 2.36. The van der Waals surface area contributed by atoms with Crippen LogP contribution in [0.3, 0.4) is 0 Å². The Hall–Kier alpha value is -1.56. The van der Waals surface area contributed by atoms with Gasteiger partial charge in [0.15, 0.2) is 5.82 Å². The Morgan fingerprint density at radius 2 is 2.11 bits per heavy atom. The van der Waals surface area contributed by atoms with Gasteiger partial charge in [-0.15, -0.1) is 0 Å². The van der Waals surface area contributed by atoms with Gasteiger partial charge in [-0.3, -0.25) is 0 Å². The maximum Gasteiger partial charge on any atom is 0.265 e. The predicted molar refractivity (Wildman–Crippen MR) is 68.7 cm³/mol. The second-order valence-corrected chi connectivity index (χ2v) is 4.97. The molecule has 0 spiro atoms. The Morgan fingerprint density at radius 1 is 1.26 bits per heavy atom. The number of fused-ring (bicyclic) bond motifs is 1. The van der Waals surface area contributed by atoms with E-state index >= 15 is 0 Å². The van der Waals surface area contributed by atoms with Crippen molar-refractivity contribution in [3.05, 3.63) is 23.6 Å². The molecule has 7 heteroatoms. The van der Waals surface area contributed by atoms with Crippen molar-refractivity contribution >= 4 is 28.5 Å². The molecule has 0 atom stereocenters. The second-order valence-electron chi connectivity index (χ2n) is 4.58. The van der Waals surface area contributed by atoms with Crippen LogP contribution < -0.4 is 4.90 Å². The summed E-state index contributed by atoms with van der Waals surface area (Å²) >= 11 is 5.85. The number of anilines is 1. The summed E-state index contributed by atoms with van der Waals surface area (Å²) in [4.78, 5) is 13.9. The lowest BCUT2D eigenvalue weighted by Gasteiger charge is -2.33. The Balaban J connectivity index is 2.07. The third kappa shape index (κ3) is 2.45. The van der Waals surface area contributed by atoms with Gasteiger partial charge in [0.25, 0.3) is 5.92 Å². The van der Waals surface area contributed by atoms with E-state index in [4.69, 9.17) is 11.6 Å². The number of halogens is 3. The van der Waals surface area contributed by atoms with Crippen LogP contribution in [0.15, 0.2) is 18.5 Å². The summed E-state index contributed by atoms with van der Waals surface area (Å²) < 4.78 is 27.0. The Bertz CT molecular complexity index is 620. The average molecular weight is 285 g/mol. The molecule has 0 bridgehead atoms. The molecule has 4 nitrogen and oxygen atoms in total. The summed E-state index contributed by atoms with van der Waals surface area (Å²) in [6.07, 6.45) is 1.71. The number of aromatic nitrogens is 3. The van der Waals surface area contributed by atoms with Crippen LogP contribution in [-0.4, -0.2) is 34.0 Å². The molecule has 1 saturated heterocycles. The van der Waals surface area contributed by atoms with E-state index in [0.717, 1.165) is 0 Å². The molecule has 3 heterocycles. The number of hydrogen-bond donors (Lipinski definition) is 0. The van der Waals surface area contributed by atoms with Gasteiger partial charge in [-0.1, -0.05) is 11.6 Å². The number of piperidine rings is 1. The van der Waals surface area contributed by atoms with E-state index in [1.165, 1.54) is 6.33 Å². The van der Waals surface area contributed by atoms with Crippen molar-refractivity contribution in [3.8, 4) is 0 Å². The van der Waals surface area contributed by atoms with Crippen LogP contribution in [0.5, 0.6) is 0 Å². The van der Waals surface area contributed by atoms with Gasteiger partial charge in [-0.2, -0.15) is 0 Å². The van der Waals surface area contributed by atoms with E-state index in [0.29, 0.717) is 35.0 Å². The molecule has 2 aromatic heterocycles. The van der Waals surface area contributed by atoms with Crippen LogP contribution in [0.25, 0.3) is 11.0 Å². The molecule has 0 saturated carbocycles. The van der Waals surface area contributed by atoms with Gasteiger partial charge in [0.05, 0.1) is 12.1 Å². The Labute approximate surface area is 113 Å². The van der Waals surface area contributed by atoms with Crippen LogP contribution >= 0.6 is 11.6 Å². The molecule has 0 N–H and O–H groups in total. The van der Waals surface area contributed by atoms with Crippen molar-refractivity contribution in [2.24, 2.45) is 0 Å². The standard InChI is InChI=1S/C12H11ClF2N4/c13-9-3-2-8-10(18-9)11(17-7-16-8)19-5-1-4-12(14,15)6-19/h2-3,7H,1,4-6H2. The summed E-state index contributed by atoms with van der Waals surface area (Å²) in [5.41, 5.74) is 1.07. The lowest BCUT2D eigenvalue weighted by molar-refractivity contribution is -0.0118. The van der Waals surface area contributed by atoms with Gasteiger partial charge in [0.2, 0.25) is 0 Å². The molecule has 19 heavy (non-hydrogen) atoms. The minimum atomic E-state index is -2.69. The SMILES string of the molecule is FC1(F)CCCN(c2ncnc3ccc(Cl)nc23)C1. The van der Waals surface area contributed by atoms with Gasteiger partial charge in [-0.25, -0.2) is 23.7 Å². The molecular formula is C12H11ClF2N4. The molecule has 1 fully saturated rings. The highest BCUT2D eigenvalue weighted by molar-refractivity contribution is 6.29. The van der Waals surface area contributed by atoms with Crippen molar-refractivity contribution in [3.63, 3.8) is 0 Å². The molecule has 2 aromatic rings. The zero-order chi connectivity index (χ0) is 13.5. The quantitative estimate of drug-likeness (QED) is 0.755. The molecule has 3 rings (SSSR count). The highest BCUT2D eigenvalue weighted by Crippen LogP contribution is 2.31. The first-order valence-electron chi connectivity index (χ1n) is 5.95. The van der Waals surface area contributed by atoms with Crippen LogP contribution in [-0.2, 0) is 0 Å². The highest BCUT2D eigenvalue weighted by atomic mass is 35.5. The van der Waals surface area contributed by atoms with Gasteiger partial charge in [0.1, 0.15) is 17.0 Å². The normalized spacial score (nSPS) is 18.8. The predicted octanol–water partition coefficient (Wildman–Crippen LogP) is 2.91. The molecule has 1 aliphatic heterocycles. The molecule has 0 aliphatic carbocycles. The molecule has 0 aromatic carbocycles. The molecule has 100 valence electrons. The monoisotopic (exact) mass is 284 g/mol. The van der Waals surface area contributed by atoms with Crippen molar-refractivity contribution in [1.82, 2.24) is 15.0 Å². The number of nitrogens with zero attached hydrogens (tertiary/aromatic N) is 4. The Morgan fingerprint density at radius 3 is 2.89 bits per heavy atom. The van der Waals surface area contributed by atoms with Crippen LogP contribution in [0.1, 0.15) is 12.8 Å². The van der Waals surface area contributed by atoms with E-state index in [-0.39, 0.29) is 13.0 Å². The third-order valence-corrected chi connectivity index (χ3v) is 3.33. The number of pyridine rings is 1. The van der Waals surface area contributed by atoms with Gasteiger partial charge in [0, 0.05) is 13.0 Å². The van der Waals surface area contributed by atoms with E-state index in [1.807, 2.05) is 0 Å². The van der Waals surface area contributed by atoms with E-state index in [1.54, 1.807) is 17.0 Å². The first kappa shape index (κ1) is 12.5. The summed E-state index contributed by atoms with van der Waals surface area (Å²) in [6.45, 7) is 0.198. The molecule has 0 radical (unpaired) electrons. The fraction of sp³-hybridized carbons (Fsp3) is 0.417. The largest absolute Gasteiger partial charge is 0.349 e. The Kier molecular flexibility index (Phi) is 2.97. The second kappa shape index (κ2) is 4.52. The minimum Gasteiger partial charge on any atom is -0.349 e. The fourth-order valence-electron chi connectivity index (χ4n) is 2.28. The summed E-state index contributed by atoms with van der Waals surface area (Å²) in [6, 6.07) is 3.32. The van der Waals surface area contributed by atoms with Crippen molar-refractivity contribution < 1.29 is 8.78 Å². The van der Waals surface area contributed by atoms with Crippen molar-refractivity contribution in [2.45, 2.75) is 18.8 Å². The lowest BCUT2D eigenvalue weighted by Crippen LogP contribution is -2.43. The van der Waals surface area contributed by atoms with Crippen molar-refractivity contribution in [1.29, 1.82) is 0 Å². The van der Waals surface area contributed by atoms with Crippen LogP contribution in [0, 0.1) is 0 Å². The van der Waals surface area contributed by atoms with E-state index < -0.39 is 5.92 Å². The maximum atomic E-state index is 13.5. The van der Waals surface area contributed by atoms with Crippen LogP contribution in [0.2, 0.25) is 5.15 Å². The first-order valence-corrected chi connectivity index (χ1v) is 6.33. The number of rotatable bonds is 1. The van der Waals surface area contributed by atoms with Crippen LogP contribution in [0.4, 0.5) is 14.6 Å².